The minimum Gasteiger partial charge on any atom is -0.385 e. The molecule has 1 aromatic heterocycles. The molecule has 0 saturated carbocycles. The Morgan fingerprint density at radius 1 is 1.40 bits per heavy atom. The van der Waals surface area contributed by atoms with Crippen LogP contribution in [0.4, 0.5) is 0 Å². The van der Waals surface area contributed by atoms with E-state index in [1.165, 1.54) is 13.1 Å². The van der Waals surface area contributed by atoms with Gasteiger partial charge in [0.25, 0.3) is 5.91 Å². The van der Waals surface area contributed by atoms with Gasteiger partial charge in [-0.25, -0.2) is 5.48 Å². The lowest BCUT2D eigenvalue weighted by Crippen LogP contribution is -2.19. The van der Waals surface area contributed by atoms with Crippen LogP contribution in [0, 0.1) is 0 Å². The first-order valence-electron chi connectivity index (χ1n) is 6.50. The van der Waals surface area contributed by atoms with E-state index in [1.807, 2.05) is 0 Å². The summed E-state index contributed by atoms with van der Waals surface area (Å²) in [4.78, 5) is 27.0. The molecule has 0 aliphatic carbocycles. The van der Waals surface area contributed by atoms with Crippen molar-refractivity contribution in [3.05, 3.63) is 29.6 Å². The monoisotopic (exact) mass is 280 g/mol. The Hall–Kier alpha value is -1.79. The summed E-state index contributed by atoms with van der Waals surface area (Å²) in [6, 6.07) is 3.19. The molecule has 0 aromatic carbocycles. The molecule has 2 N–H and O–H groups in total. The molecule has 0 saturated heterocycles. The van der Waals surface area contributed by atoms with Gasteiger partial charge in [0.15, 0.2) is 0 Å². The second kappa shape index (κ2) is 8.39. The highest BCUT2D eigenvalue weighted by molar-refractivity contribution is 5.93. The minimum absolute atomic E-state index is 0.0503. The van der Waals surface area contributed by atoms with E-state index in [0.717, 1.165) is 12.8 Å². The van der Waals surface area contributed by atoms with Crippen LogP contribution < -0.4 is 5.48 Å². The van der Waals surface area contributed by atoms with E-state index in [0.29, 0.717) is 18.7 Å². The summed E-state index contributed by atoms with van der Waals surface area (Å²) in [6.07, 6.45) is 3.83. The lowest BCUT2D eigenvalue weighted by atomic mass is 9.94. The Kier molecular flexibility index (Phi) is 6.83. The van der Waals surface area contributed by atoms with Gasteiger partial charge in [-0.3, -0.25) is 19.8 Å². The van der Waals surface area contributed by atoms with Crippen LogP contribution in [0.1, 0.15) is 48.2 Å². The van der Waals surface area contributed by atoms with Gasteiger partial charge < -0.3 is 4.74 Å². The molecule has 6 heteroatoms. The van der Waals surface area contributed by atoms with E-state index in [1.54, 1.807) is 24.7 Å². The second-order valence-electron chi connectivity index (χ2n) is 4.56. The summed E-state index contributed by atoms with van der Waals surface area (Å²) in [5.41, 5.74) is 2.43. The van der Waals surface area contributed by atoms with Crippen molar-refractivity contribution in [1.82, 2.24) is 10.5 Å². The highest BCUT2D eigenvalue weighted by Crippen LogP contribution is 2.21. The zero-order valence-corrected chi connectivity index (χ0v) is 11.8. The number of amides is 1. The maximum absolute atomic E-state index is 11.7. The number of pyridine rings is 1. The molecule has 6 nitrogen and oxygen atoms in total. The van der Waals surface area contributed by atoms with E-state index in [9.17, 15) is 9.59 Å². The molecule has 110 valence electrons. The number of hydrogen-bond donors (Lipinski definition) is 2. The predicted octanol–water partition coefficient (Wildman–Crippen LogP) is 1.69. The molecule has 1 rings (SSSR count). The normalized spacial score (nSPS) is 11.9. The summed E-state index contributed by atoms with van der Waals surface area (Å²) in [5.74, 6) is -0.837. The lowest BCUT2D eigenvalue weighted by molar-refractivity contribution is -0.118. The molecular weight excluding hydrogens is 260 g/mol. The number of carbonyl (C=O) groups is 2. The molecule has 0 aliphatic rings. The Morgan fingerprint density at radius 3 is 2.65 bits per heavy atom. The second-order valence-corrected chi connectivity index (χ2v) is 4.56. The van der Waals surface area contributed by atoms with Gasteiger partial charge in [-0.05, 0) is 31.9 Å². The fraction of sp³-hybridized carbons (Fsp3) is 0.500. The van der Waals surface area contributed by atoms with E-state index in [2.05, 4.69) is 4.98 Å². The standard InChI is InChI=1S/C14H20N2O4/c1-10(17)12(5-3-4-8-20-2)13-7-6-11(9-15-13)14(18)16-19/h6-7,9,12,19H,3-5,8H2,1-2H3,(H,16,18)/t12-/m1/s1. The first-order valence-corrected chi connectivity index (χ1v) is 6.50. The number of Topliss-reactive ketones (excluding diaryl/α,β-unsaturated/α-hetero) is 1. The number of nitrogens with zero attached hydrogens (tertiary/aromatic N) is 1. The Balaban J connectivity index is 2.71. The molecule has 0 radical (unpaired) electrons. The first kappa shape index (κ1) is 16.3. The molecule has 0 fully saturated rings. The number of hydrogen-bond acceptors (Lipinski definition) is 5. The molecule has 0 aliphatic heterocycles. The Morgan fingerprint density at radius 2 is 2.15 bits per heavy atom. The van der Waals surface area contributed by atoms with Gasteiger partial charge in [-0.15, -0.1) is 0 Å². The van der Waals surface area contributed by atoms with Gasteiger partial charge in [-0.1, -0.05) is 6.42 Å². The number of carbonyl (C=O) groups excluding carboxylic acids is 2. The third kappa shape index (κ3) is 4.71. The molecule has 0 unspecified atom stereocenters. The van der Waals surface area contributed by atoms with Crippen molar-refractivity contribution >= 4 is 11.7 Å². The maximum atomic E-state index is 11.7. The molecule has 0 bridgehead atoms. The van der Waals surface area contributed by atoms with Gasteiger partial charge in [0, 0.05) is 19.9 Å². The van der Waals surface area contributed by atoms with Crippen molar-refractivity contribution in [3.63, 3.8) is 0 Å². The van der Waals surface area contributed by atoms with Crippen LogP contribution in [0.5, 0.6) is 0 Å². The van der Waals surface area contributed by atoms with Crippen molar-refractivity contribution in [2.75, 3.05) is 13.7 Å². The average molecular weight is 280 g/mol. The van der Waals surface area contributed by atoms with Gasteiger partial charge in [-0.2, -0.15) is 0 Å². The van der Waals surface area contributed by atoms with Gasteiger partial charge in [0.2, 0.25) is 0 Å². The van der Waals surface area contributed by atoms with E-state index < -0.39 is 5.91 Å². The molecule has 1 atom stereocenters. The lowest BCUT2D eigenvalue weighted by Gasteiger charge is -2.13. The summed E-state index contributed by atoms with van der Waals surface area (Å²) < 4.78 is 4.98. The van der Waals surface area contributed by atoms with Crippen LogP contribution >= 0.6 is 0 Å². The maximum Gasteiger partial charge on any atom is 0.276 e. The topological polar surface area (TPSA) is 88.5 Å². The number of ether oxygens (including phenoxy) is 1. The Bertz CT molecular complexity index is 445. The van der Waals surface area contributed by atoms with Crippen molar-refractivity contribution in [2.24, 2.45) is 0 Å². The quantitative estimate of drug-likeness (QED) is 0.430. The summed E-state index contributed by atoms with van der Waals surface area (Å²) in [6.45, 7) is 2.21. The fourth-order valence-electron chi connectivity index (χ4n) is 1.96. The van der Waals surface area contributed by atoms with Crippen molar-refractivity contribution in [3.8, 4) is 0 Å². The number of hydroxylamine groups is 1. The highest BCUT2D eigenvalue weighted by Gasteiger charge is 2.18. The molecule has 20 heavy (non-hydrogen) atoms. The van der Waals surface area contributed by atoms with Crippen LogP contribution in [0.25, 0.3) is 0 Å². The molecule has 1 heterocycles. The van der Waals surface area contributed by atoms with E-state index >= 15 is 0 Å². The highest BCUT2D eigenvalue weighted by atomic mass is 16.5. The number of nitrogens with one attached hydrogen (secondary N) is 1. The van der Waals surface area contributed by atoms with E-state index in [4.69, 9.17) is 9.94 Å². The number of unbranched alkanes of at least 4 members (excludes halogenated alkanes) is 1. The zero-order valence-electron chi connectivity index (χ0n) is 11.8. The summed E-state index contributed by atoms with van der Waals surface area (Å²) >= 11 is 0. The number of rotatable bonds is 8. The number of ketones is 1. The van der Waals surface area contributed by atoms with Gasteiger partial charge >= 0.3 is 0 Å². The SMILES string of the molecule is COCCCC[C@H](C(C)=O)c1ccc(C(=O)NO)cn1. The van der Waals surface area contributed by atoms with Crippen molar-refractivity contribution < 1.29 is 19.5 Å². The smallest absolute Gasteiger partial charge is 0.276 e. The summed E-state index contributed by atoms with van der Waals surface area (Å²) in [5, 5.41) is 8.53. The van der Waals surface area contributed by atoms with Crippen LogP contribution in [0.15, 0.2) is 18.3 Å². The zero-order chi connectivity index (χ0) is 15.0. The summed E-state index contributed by atoms with van der Waals surface area (Å²) in [7, 11) is 1.65. The fourth-order valence-corrected chi connectivity index (χ4v) is 1.96. The minimum atomic E-state index is -0.622. The number of aromatic nitrogens is 1. The number of methoxy groups -OCH3 is 1. The van der Waals surface area contributed by atoms with Crippen molar-refractivity contribution in [2.45, 2.75) is 32.1 Å². The van der Waals surface area contributed by atoms with Gasteiger partial charge in [0.05, 0.1) is 17.2 Å². The van der Waals surface area contributed by atoms with Crippen LogP contribution in [0.3, 0.4) is 0 Å². The van der Waals surface area contributed by atoms with E-state index in [-0.39, 0.29) is 17.3 Å². The predicted molar refractivity (Wildman–Crippen MR) is 72.6 cm³/mol. The largest absolute Gasteiger partial charge is 0.385 e. The Labute approximate surface area is 118 Å². The van der Waals surface area contributed by atoms with Gasteiger partial charge in [0.1, 0.15) is 5.78 Å². The molecule has 1 amide bonds. The van der Waals surface area contributed by atoms with Crippen LogP contribution in [-0.2, 0) is 9.53 Å². The van der Waals surface area contributed by atoms with Crippen LogP contribution in [0.2, 0.25) is 0 Å². The average Bonchev–Trinajstić information content (AvgIpc) is 2.46. The molecule has 0 spiro atoms. The third-order valence-corrected chi connectivity index (χ3v) is 3.09. The molecular formula is C14H20N2O4. The third-order valence-electron chi connectivity index (χ3n) is 3.09. The first-order chi connectivity index (χ1) is 9.60. The molecule has 1 aromatic rings. The van der Waals surface area contributed by atoms with Crippen molar-refractivity contribution in [1.29, 1.82) is 0 Å². The van der Waals surface area contributed by atoms with Crippen LogP contribution in [-0.4, -0.2) is 35.6 Å².